The summed E-state index contributed by atoms with van der Waals surface area (Å²) < 4.78 is 22.0. The molecule has 1 aliphatic heterocycles. The third kappa shape index (κ3) is 5.73. The maximum Gasteiger partial charge on any atom is 0.210 e. The number of likely N-dealkylation sites (tertiary alicyclic amines) is 1. The minimum atomic E-state index is -3.48. The number of anilines is 1. The van der Waals surface area contributed by atoms with Crippen LogP contribution in [-0.4, -0.2) is 44.7 Å². The van der Waals surface area contributed by atoms with Crippen molar-refractivity contribution < 1.29 is 8.42 Å². The maximum atomic E-state index is 11.0. The Morgan fingerprint density at radius 1 is 1.19 bits per heavy atom. The van der Waals surface area contributed by atoms with Crippen LogP contribution >= 0.6 is 0 Å². The Kier molecular flexibility index (Phi) is 5.58. The van der Waals surface area contributed by atoms with Gasteiger partial charge in [-0.15, -0.1) is 0 Å². The van der Waals surface area contributed by atoms with Crippen molar-refractivity contribution in [3.05, 3.63) is 30.3 Å². The Bertz CT molecular complexity index is 566. The largest absolute Gasteiger partial charge is 0.343 e. The number of benzene rings is 1. The lowest BCUT2D eigenvalue weighted by molar-refractivity contribution is 0.340. The van der Waals surface area contributed by atoms with E-state index in [0.717, 1.165) is 37.6 Å². The molecule has 3 N–H and O–H groups in total. The molecule has 1 heterocycles. The van der Waals surface area contributed by atoms with E-state index < -0.39 is 10.0 Å². The Morgan fingerprint density at radius 2 is 1.86 bits per heavy atom. The monoisotopic (exact) mass is 310 g/mol. The van der Waals surface area contributed by atoms with Crippen molar-refractivity contribution >= 4 is 21.7 Å². The molecule has 0 amide bonds. The van der Waals surface area contributed by atoms with E-state index in [9.17, 15) is 8.42 Å². The molecule has 0 spiro atoms. The highest BCUT2D eigenvalue weighted by molar-refractivity contribution is 7.89. The Labute approximate surface area is 126 Å². The van der Waals surface area contributed by atoms with E-state index in [1.807, 2.05) is 30.3 Å². The van der Waals surface area contributed by atoms with E-state index in [1.165, 1.54) is 6.42 Å². The fourth-order valence-corrected chi connectivity index (χ4v) is 2.60. The fourth-order valence-electron chi connectivity index (χ4n) is 2.25. The first-order valence-electron chi connectivity index (χ1n) is 7.16. The second kappa shape index (κ2) is 7.42. The molecule has 1 saturated heterocycles. The second-order valence-electron chi connectivity index (χ2n) is 5.11. The number of hydrogen-bond acceptors (Lipinski definition) is 3. The minimum absolute atomic E-state index is 0.138. The number of aliphatic imine (C=N–C) groups is 1. The molecule has 6 nitrogen and oxygen atoms in total. The summed E-state index contributed by atoms with van der Waals surface area (Å²) in [5, 5.41) is 8.30. The first-order valence-corrected chi connectivity index (χ1v) is 8.88. The number of nitrogens with zero attached hydrogens (tertiary/aromatic N) is 2. The number of rotatable bonds is 4. The lowest BCUT2D eigenvalue weighted by Gasteiger charge is -2.30. The molecule has 2 rings (SSSR count). The zero-order valence-corrected chi connectivity index (χ0v) is 12.8. The van der Waals surface area contributed by atoms with Gasteiger partial charge in [0.1, 0.15) is 0 Å². The number of hydrogen-bond donors (Lipinski definition) is 2. The van der Waals surface area contributed by atoms with Crippen molar-refractivity contribution in [3.63, 3.8) is 0 Å². The first-order chi connectivity index (χ1) is 10.0. The van der Waals surface area contributed by atoms with Gasteiger partial charge in [0.25, 0.3) is 0 Å². The number of primary sulfonamides is 1. The van der Waals surface area contributed by atoms with Gasteiger partial charge in [-0.2, -0.15) is 0 Å². The Hall–Kier alpha value is -1.60. The SMILES string of the molecule is NS(=O)(=O)CCN=C(Nc1ccccc1)N1CCCCC1. The Morgan fingerprint density at radius 3 is 2.48 bits per heavy atom. The molecule has 1 aliphatic rings. The molecule has 1 aromatic carbocycles. The molecular weight excluding hydrogens is 288 g/mol. The molecule has 0 saturated carbocycles. The normalized spacial score (nSPS) is 16.8. The van der Waals surface area contributed by atoms with E-state index >= 15 is 0 Å². The Balaban J connectivity index is 2.07. The lowest BCUT2D eigenvalue weighted by atomic mass is 10.1. The van der Waals surface area contributed by atoms with Gasteiger partial charge in [-0.1, -0.05) is 18.2 Å². The molecule has 0 atom stereocenters. The fraction of sp³-hybridized carbons (Fsp3) is 0.500. The third-order valence-corrected chi connectivity index (χ3v) is 4.07. The van der Waals surface area contributed by atoms with E-state index in [1.54, 1.807) is 0 Å². The number of nitrogens with two attached hydrogens (primary N) is 1. The van der Waals surface area contributed by atoms with Crippen LogP contribution in [0.1, 0.15) is 19.3 Å². The van der Waals surface area contributed by atoms with Gasteiger partial charge in [0.15, 0.2) is 5.96 Å². The summed E-state index contributed by atoms with van der Waals surface area (Å²) in [6.45, 7) is 2.05. The van der Waals surface area contributed by atoms with Crippen LogP contribution in [0, 0.1) is 0 Å². The minimum Gasteiger partial charge on any atom is -0.343 e. The average Bonchev–Trinajstić information content (AvgIpc) is 2.47. The van der Waals surface area contributed by atoms with Crippen molar-refractivity contribution in [2.24, 2.45) is 10.1 Å². The van der Waals surface area contributed by atoms with Crippen LogP contribution < -0.4 is 10.5 Å². The molecule has 21 heavy (non-hydrogen) atoms. The van der Waals surface area contributed by atoms with Crippen molar-refractivity contribution in [1.29, 1.82) is 0 Å². The standard InChI is InChI=1S/C14H22N4O2S/c15-21(19,20)12-9-16-14(18-10-5-2-6-11-18)17-13-7-3-1-4-8-13/h1,3-4,7-8H,2,5-6,9-12H2,(H,16,17)(H2,15,19,20). The van der Waals surface area contributed by atoms with Gasteiger partial charge in [-0.05, 0) is 31.4 Å². The average molecular weight is 310 g/mol. The molecule has 0 unspecified atom stereocenters. The van der Waals surface area contributed by atoms with Crippen molar-refractivity contribution in [3.8, 4) is 0 Å². The smallest absolute Gasteiger partial charge is 0.210 e. The molecule has 1 aromatic rings. The maximum absolute atomic E-state index is 11.0. The molecule has 0 bridgehead atoms. The van der Waals surface area contributed by atoms with Gasteiger partial charge < -0.3 is 10.2 Å². The zero-order chi connectivity index (χ0) is 15.1. The summed E-state index contributed by atoms with van der Waals surface area (Å²) >= 11 is 0. The van der Waals surface area contributed by atoms with Crippen molar-refractivity contribution in [1.82, 2.24) is 4.90 Å². The summed E-state index contributed by atoms with van der Waals surface area (Å²) in [6.07, 6.45) is 3.49. The van der Waals surface area contributed by atoms with E-state index in [-0.39, 0.29) is 12.3 Å². The lowest BCUT2D eigenvalue weighted by Crippen LogP contribution is -2.40. The van der Waals surface area contributed by atoms with Crippen LogP contribution in [-0.2, 0) is 10.0 Å². The molecular formula is C14H22N4O2S. The molecule has 0 radical (unpaired) electrons. The van der Waals surface area contributed by atoms with Gasteiger partial charge in [0, 0.05) is 18.8 Å². The predicted octanol–water partition coefficient (Wildman–Crippen LogP) is 1.23. The highest BCUT2D eigenvalue weighted by Gasteiger charge is 2.15. The highest BCUT2D eigenvalue weighted by Crippen LogP contribution is 2.12. The van der Waals surface area contributed by atoms with E-state index in [4.69, 9.17) is 5.14 Å². The quantitative estimate of drug-likeness (QED) is 0.647. The van der Waals surface area contributed by atoms with Gasteiger partial charge in [0.05, 0.1) is 12.3 Å². The van der Waals surface area contributed by atoms with Crippen molar-refractivity contribution in [2.45, 2.75) is 19.3 Å². The summed E-state index contributed by atoms with van der Waals surface area (Å²) in [6, 6.07) is 9.75. The summed E-state index contributed by atoms with van der Waals surface area (Å²) in [5.41, 5.74) is 0.942. The highest BCUT2D eigenvalue weighted by atomic mass is 32.2. The number of para-hydroxylation sites is 1. The second-order valence-corrected chi connectivity index (χ2v) is 6.85. The van der Waals surface area contributed by atoms with Crippen LogP contribution in [0.3, 0.4) is 0 Å². The van der Waals surface area contributed by atoms with Crippen LogP contribution in [0.15, 0.2) is 35.3 Å². The molecule has 1 fully saturated rings. The van der Waals surface area contributed by atoms with E-state index in [2.05, 4.69) is 15.2 Å². The number of nitrogens with one attached hydrogen (secondary N) is 1. The van der Waals surface area contributed by atoms with Crippen LogP contribution in [0.2, 0.25) is 0 Å². The molecule has 7 heteroatoms. The van der Waals surface area contributed by atoms with Gasteiger partial charge >= 0.3 is 0 Å². The van der Waals surface area contributed by atoms with E-state index in [0.29, 0.717) is 0 Å². The number of guanidine groups is 1. The first kappa shape index (κ1) is 15.8. The zero-order valence-electron chi connectivity index (χ0n) is 12.0. The van der Waals surface area contributed by atoms with Gasteiger partial charge in [0.2, 0.25) is 10.0 Å². The number of sulfonamides is 1. The topological polar surface area (TPSA) is 87.8 Å². The van der Waals surface area contributed by atoms with Crippen LogP contribution in [0.4, 0.5) is 5.69 Å². The molecule has 116 valence electrons. The molecule has 0 aliphatic carbocycles. The van der Waals surface area contributed by atoms with Gasteiger partial charge in [-0.3, -0.25) is 4.99 Å². The van der Waals surface area contributed by atoms with Crippen LogP contribution in [0.5, 0.6) is 0 Å². The molecule has 0 aromatic heterocycles. The number of piperidine rings is 1. The van der Waals surface area contributed by atoms with Gasteiger partial charge in [-0.25, -0.2) is 13.6 Å². The van der Waals surface area contributed by atoms with Crippen LogP contribution in [0.25, 0.3) is 0 Å². The summed E-state index contributed by atoms with van der Waals surface area (Å²) in [7, 11) is -3.48. The summed E-state index contributed by atoms with van der Waals surface area (Å²) in [4.78, 5) is 6.57. The summed E-state index contributed by atoms with van der Waals surface area (Å²) in [5.74, 6) is 0.588. The van der Waals surface area contributed by atoms with Crippen molar-refractivity contribution in [2.75, 3.05) is 30.7 Å². The predicted molar refractivity (Wildman–Crippen MR) is 85.8 cm³/mol. The third-order valence-electron chi connectivity index (χ3n) is 3.32.